The van der Waals surface area contributed by atoms with Gasteiger partial charge in [0.2, 0.25) is 0 Å². The zero-order chi connectivity index (χ0) is 13.4. The molecular formula is C14H17N4O. The van der Waals surface area contributed by atoms with Gasteiger partial charge in [-0.05, 0) is 37.1 Å². The molecule has 1 aliphatic heterocycles. The van der Waals surface area contributed by atoms with Crippen LogP contribution in [-0.4, -0.2) is 23.7 Å². The van der Waals surface area contributed by atoms with Gasteiger partial charge < -0.3 is 16.4 Å². The molecule has 0 spiro atoms. The van der Waals surface area contributed by atoms with E-state index >= 15 is 0 Å². The molecule has 1 radical (unpaired) electrons. The molecule has 0 amide bonds. The van der Waals surface area contributed by atoms with E-state index in [0.29, 0.717) is 10.9 Å². The van der Waals surface area contributed by atoms with E-state index < -0.39 is 0 Å². The topological polar surface area (TPSA) is 88.1 Å². The number of aromatic nitrogens is 1. The van der Waals surface area contributed by atoms with Crippen LogP contribution in [-0.2, 0) is 5.11 Å². The van der Waals surface area contributed by atoms with Crippen molar-refractivity contribution in [2.75, 3.05) is 11.4 Å². The minimum Gasteiger partial charge on any atom is -0.341 e. The van der Waals surface area contributed by atoms with Crippen molar-refractivity contribution in [3.63, 3.8) is 0 Å². The van der Waals surface area contributed by atoms with E-state index in [0.717, 1.165) is 25.2 Å². The van der Waals surface area contributed by atoms with E-state index in [2.05, 4.69) is 9.88 Å². The van der Waals surface area contributed by atoms with Gasteiger partial charge >= 0.3 is 0 Å². The number of rotatable bonds is 1. The van der Waals surface area contributed by atoms with Crippen LogP contribution in [0.25, 0.3) is 10.9 Å². The molecule has 1 aromatic heterocycles. The molecule has 4 N–H and O–H groups in total. The third kappa shape index (κ3) is 2.22. The molecule has 3 rings (SSSR count). The normalized spacial score (nSPS) is 23.8. The molecule has 2 atom stereocenters. The van der Waals surface area contributed by atoms with Crippen LogP contribution >= 0.6 is 0 Å². The maximum atomic E-state index is 11.7. The summed E-state index contributed by atoms with van der Waals surface area (Å²) in [5.41, 5.74) is 12.7. The Morgan fingerprint density at radius 1 is 1.21 bits per heavy atom. The van der Waals surface area contributed by atoms with E-state index in [9.17, 15) is 5.11 Å². The largest absolute Gasteiger partial charge is 0.341 e. The quantitative estimate of drug-likeness (QED) is 0.812. The number of hydrogen-bond acceptors (Lipinski definition) is 4. The van der Waals surface area contributed by atoms with Crippen molar-refractivity contribution in [3.05, 3.63) is 30.3 Å². The van der Waals surface area contributed by atoms with Crippen molar-refractivity contribution < 1.29 is 5.11 Å². The second kappa shape index (κ2) is 4.68. The van der Waals surface area contributed by atoms with Crippen molar-refractivity contribution in [2.45, 2.75) is 25.0 Å². The molecule has 1 aliphatic rings. The van der Waals surface area contributed by atoms with Crippen LogP contribution in [0.5, 0.6) is 5.75 Å². The predicted molar refractivity (Wildman–Crippen MR) is 74.4 cm³/mol. The van der Waals surface area contributed by atoms with Crippen molar-refractivity contribution in [1.29, 1.82) is 0 Å². The van der Waals surface area contributed by atoms with Gasteiger partial charge in [-0.25, -0.2) is 4.98 Å². The van der Waals surface area contributed by atoms with Crippen molar-refractivity contribution >= 4 is 16.7 Å². The number of piperidine rings is 1. The summed E-state index contributed by atoms with van der Waals surface area (Å²) < 4.78 is 0. The number of anilines is 1. The van der Waals surface area contributed by atoms with Crippen LogP contribution in [0.1, 0.15) is 12.8 Å². The average Bonchev–Trinajstić information content (AvgIpc) is 2.38. The highest BCUT2D eigenvalue weighted by atomic mass is 16.3. The highest BCUT2D eigenvalue weighted by Gasteiger charge is 2.24. The first-order valence-electron chi connectivity index (χ1n) is 6.50. The Bertz CT molecular complexity index is 601. The monoisotopic (exact) mass is 257 g/mol. The van der Waals surface area contributed by atoms with Gasteiger partial charge in [0.15, 0.2) is 5.75 Å². The molecule has 1 aromatic carbocycles. The molecule has 19 heavy (non-hydrogen) atoms. The average molecular weight is 257 g/mol. The number of fused-ring (bicyclic) bond motifs is 1. The van der Waals surface area contributed by atoms with Gasteiger partial charge in [-0.2, -0.15) is 0 Å². The van der Waals surface area contributed by atoms with Crippen molar-refractivity contribution in [1.82, 2.24) is 4.98 Å². The SMILES string of the molecule is NC1CCN(c2ccc3c([O])cccc3n2)C(N)C1. The first kappa shape index (κ1) is 12.2. The summed E-state index contributed by atoms with van der Waals surface area (Å²) in [6.07, 6.45) is 1.57. The maximum absolute atomic E-state index is 11.7. The molecule has 99 valence electrons. The zero-order valence-corrected chi connectivity index (χ0v) is 10.6. The van der Waals surface area contributed by atoms with Crippen LogP contribution in [0.4, 0.5) is 5.82 Å². The Morgan fingerprint density at radius 2 is 2.05 bits per heavy atom. The third-order valence-electron chi connectivity index (χ3n) is 3.66. The lowest BCUT2D eigenvalue weighted by molar-refractivity contribution is 0.360. The number of pyridine rings is 1. The summed E-state index contributed by atoms with van der Waals surface area (Å²) >= 11 is 0. The van der Waals surface area contributed by atoms with Crippen LogP contribution < -0.4 is 16.4 Å². The second-order valence-corrected chi connectivity index (χ2v) is 5.04. The molecule has 2 unspecified atom stereocenters. The summed E-state index contributed by atoms with van der Waals surface area (Å²) in [4.78, 5) is 6.60. The van der Waals surface area contributed by atoms with Gasteiger partial charge in [0.1, 0.15) is 5.82 Å². The lowest BCUT2D eigenvalue weighted by Crippen LogP contribution is -2.52. The van der Waals surface area contributed by atoms with E-state index in [4.69, 9.17) is 11.5 Å². The molecule has 1 saturated heterocycles. The van der Waals surface area contributed by atoms with E-state index in [1.54, 1.807) is 12.1 Å². The highest BCUT2D eigenvalue weighted by Crippen LogP contribution is 2.27. The molecule has 5 heteroatoms. The van der Waals surface area contributed by atoms with Crippen molar-refractivity contribution in [3.8, 4) is 5.75 Å². The Labute approximate surface area is 111 Å². The lowest BCUT2D eigenvalue weighted by Gasteiger charge is -2.36. The van der Waals surface area contributed by atoms with Gasteiger partial charge in [0.05, 0.1) is 11.7 Å². The third-order valence-corrected chi connectivity index (χ3v) is 3.66. The first-order chi connectivity index (χ1) is 9.15. The fourth-order valence-electron chi connectivity index (χ4n) is 2.59. The predicted octanol–water partition coefficient (Wildman–Crippen LogP) is 1.59. The van der Waals surface area contributed by atoms with E-state index in [-0.39, 0.29) is 18.0 Å². The fraction of sp³-hybridized carbons (Fsp3) is 0.357. The Morgan fingerprint density at radius 3 is 2.84 bits per heavy atom. The molecule has 5 nitrogen and oxygen atoms in total. The van der Waals surface area contributed by atoms with Gasteiger partial charge in [-0.15, -0.1) is 0 Å². The highest BCUT2D eigenvalue weighted by molar-refractivity contribution is 5.86. The lowest BCUT2D eigenvalue weighted by atomic mass is 10.0. The van der Waals surface area contributed by atoms with Gasteiger partial charge in [0, 0.05) is 18.0 Å². The zero-order valence-electron chi connectivity index (χ0n) is 10.6. The molecule has 0 saturated carbocycles. The Kier molecular flexibility index (Phi) is 3.00. The Balaban J connectivity index is 1.97. The van der Waals surface area contributed by atoms with E-state index in [1.165, 1.54) is 0 Å². The molecule has 1 fully saturated rings. The Hall–Kier alpha value is -1.85. The molecule has 2 heterocycles. The number of nitrogens with zero attached hydrogens (tertiary/aromatic N) is 2. The van der Waals surface area contributed by atoms with Gasteiger partial charge in [0.25, 0.3) is 0 Å². The second-order valence-electron chi connectivity index (χ2n) is 5.04. The minimum atomic E-state index is -0.107. The van der Waals surface area contributed by atoms with Crippen LogP contribution in [0.3, 0.4) is 0 Å². The fourth-order valence-corrected chi connectivity index (χ4v) is 2.59. The number of benzene rings is 1. The summed E-state index contributed by atoms with van der Waals surface area (Å²) in [6, 6.07) is 8.98. The summed E-state index contributed by atoms with van der Waals surface area (Å²) in [5.74, 6) is 0.819. The molecule has 0 bridgehead atoms. The smallest absolute Gasteiger partial charge is 0.188 e. The van der Waals surface area contributed by atoms with Gasteiger partial charge in [-0.3, -0.25) is 5.11 Å². The molecule has 2 aromatic rings. The summed E-state index contributed by atoms with van der Waals surface area (Å²) in [5, 5.41) is 12.3. The van der Waals surface area contributed by atoms with Crippen LogP contribution in [0.15, 0.2) is 30.3 Å². The van der Waals surface area contributed by atoms with Gasteiger partial charge in [-0.1, -0.05) is 6.07 Å². The van der Waals surface area contributed by atoms with E-state index in [1.807, 2.05) is 18.2 Å². The molecular weight excluding hydrogens is 240 g/mol. The standard InChI is InChI=1S/C14H17N4O/c15-9-6-7-18(13(16)8-9)14-5-4-10-11(17-14)2-1-3-12(10)19/h1-5,9,13H,6-8,15-16H2. The van der Waals surface area contributed by atoms with Crippen LogP contribution in [0, 0.1) is 0 Å². The number of nitrogens with two attached hydrogens (primary N) is 2. The number of hydrogen-bond donors (Lipinski definition) is 2. The summed E-state index contributed by atoms with van der Waals surface area (Å²) in [6.45, 7) is 0.803. The minimum absolute atomic E-state index is 0.00140. The first-order valence-corrected chi connectivity index (χ1v) is 6.50. The molecule has 0 aliphatic carbocycles. The summed E-state index contributed by atoms with van der Waals surface area (Å²) in [7, 11) is 0. The van der Waals surface area contributed by atoms with Crippen LogP contribution in [0.2, 0.25) is 0 Å². The maximum Gasteiger partial charge on any atom is 0.188 e. The van der Waals surface area contributed by atoms with Crippen molar-refractivity contribution in [2.24, 2.45) is 11.5 Å².